The smallest absolute Gasteiger partial charge is 0.221 e. The lowest BCUT2D eigenvalue weighted by Crippen LogP contribution is -2.18. The van der Waals surface area contributed by atoms with Crippen LogP contribution in [0, 0.1) is 0 Å². The van der Waals surface area contributed by atoms with Gasteiger partial charge in [-0.3, -0.25) is 0 Å². The molecule has 0 unspecified atom stereocenters. The van der Waals surface area contributed by atoms with Gasteiger partial charge in [0.05, 0.1) is 4.47 Å². The molecule has 1 heterocycles. The number of aromatic nitrogens is 2. The predicted molar refractivity (Wildman–Crippen MR) is 62.1 cm³/mol. The molecule has 0 fully saturated rings. The molecule has 1 aromatic heterocycles. The van der Waals surface area contributed by atoms with Crippen LogP contribution in [0.25, 0.3) is 0 Å². The van der Waals surface area contributed by atoms with Gasteiger partial charge < -0.3 is 11.1 Å². The van der Waals surface area contributed by atoms with Gasteiger partial charge in [0.1, 0.15) is 5.82 Å². The highest BCUT2D eigenvalue weighted by atomic mass is 79.9. The molecule has 1 rings (SSSR count). The van der Waals surface area contributed by atoms with E-state index < -0.39 is 0 Å². The van der Waals surface area contributed by atoms with Crippen molar-refractivity contribution >= 4 is 27.7 Å². The molecule has 0 aliphatic heterocycles. The maximum Gasteiger partial charge on any atom is 0.221 e. The van der Waals surface area contributed by atoms with E-state index in [4.69, 9.17) is 5.73 Å². The lowest BCUT2D eigenvalue weighted by atomic mass is 10.2. The molecule has 0 aliphatic rings. The van der Waals surface area contributed by atoms with Crippen molar-refractivity contribution in [1.82, 2.24) is 9.97 Å². The van der Waals surface area contributed by atoms with E-state index in [2.05, 4.69) is 45.1 Å². The van der Waals surface area contributed by atoms with E-state index in [0.29, 0.717) is 12.0 Å². The standard InChI is InChI=1S/C9H15BrN4/c1-3-6(4-2)13-8-7(10)5-12-9(11)14-8/h5-6H,3-4H2,1-2H3,(H3,11,12,13,14). The number of nitrogen functional groups attached to an aromatic ring is 1. The molecule has 0 radical (unpaired) electrons. The molecule has 4 nitrogen and oxygen atoms in total. The van der Waals surface area contributed by atoms with Crippen molar-refractivity contribution in [2.24, 2.45) is 0 Å². The van der Waals surface area contributed by atoms with Crippen LogP contribution < -0.4 is 11.1 Å². The minimum Gasteiger partial charge on any atom is -0.368 e. The van der Waals surface area contributed by atoms with Crippen LogP contribution in [0.2, 0.25) is 0 Å². The van der Waals surface area contributed by atoms with Gasteiger partial charge in [-0.05, 0) is 28.8 Å². The molecule has 0 saturated heterocycles. The van der Waals surface area contributed by atoms with Crippen molar-refractivity contribution in [3.63, 3.8) is 0 Å². The molecule has 3 N–H and O–H groups in total. The van der Waals surface area contributed by atoms with Gasteiger partial charge >= 0.3 is 0 Å². The lowest BCUT2D eigenvalue weighted by molar-refractivity contribution is 0.668. The summed E-state index contributed by atoms with van der Waals surface area (Å²) >= 11 is 3.37. The van der Waals surface area contributed by atoms with Crippen molar-refractivity contribution in [2.45, 2.75) is 32.7 Å². The summed E-state index contributed by atoms with van der Waals surface area (Å²) in [5.41, 5.74) is 5.50. The Morgan fingerprint density at radius 1 is 1.50 bits per heavy atom. The van der Waals surface area contributed by atoms with Crippen LogP contribution in [-0.4, -0.2) is 16.0 Å². The van der Waals surface area contributed by atoms with E-state index in [1.165, 1.54) is 0 Å². The van der Waals surface area contributed by atoms with Crippen LogP contribution in [0.3, 0.4) is 0 Å². The second kappa shape index (κ2) is 5.14. The highest BCUT2D eigenvalue weighted by molar-refractivity contribution is 9.10. The van der Waals surface area contributed by atoms with Crippen molar-refractivity contribution in [3.05, 3.63) is 10.7 Å². The monoisotopic (exact) mass is 258 g/mol. The zero-order valence-corrected chi connectivity index (χ0v) is 10.0. The summed E-state index contributed by atoms with van der Waals surface area (Å²) in [5.74, 6) is 1.06. The van der Waals surface area contributed by atoms with Gasteiger partial charge in [0.25, 0.3) is 0 Å². The van der Waals surface area contributed by atoms with Crippen LogP contribution in [0.4, 0.5) is 11.8 Å². The van der Waals surface area contributed by atoms with Crippen molar-refractivity contribution in [2.75, 3.05) is 11.1 Å². The number of nitrogens with one attached hydrogen (secondary N) is 1. The molecule has 0 atom stereocenters. The second-order valence-electron chi connectivity index (χ2n) is 3.08. The molecule has 78 valence electrons. The summed E-state index contributed by atoms with van der Waals surface area (Å²) < 4.78 is 0.846. The Kier molecular flexibility index (Phi) is 4.13. The molecule has 1 aromatic rings. The summed E-state index contributed by atoms with van der Waals surface area (Å²) in [5, 5.41) is 3.31. The Bertz CT molecular complexity index is 299. The van der Waals surface area contributed by atoms with E-state index in [1.807, 2.05) is 0 Å². The first-order valence-corrected chi connectivity index (χ1v) is 5.51. The molecule has 0 bridgehead atoms. The molecule has 0 amide bonds. The molecule has 0 saturated carbocycles. The average molecular weight is 259 g/mol. The summed E-state index contributed by atoms with van der Waals surface area (Å²) in [6.45, 7) is 4.28. The van der Waals surface area contributed by atoms with E-state index in [9.17, 15) is 0 Å². The Balaban J connectivity index is 2.79. The SMILES string of the molecule is CCC(CC)Nc1nc(N)ncc1Br. The van der Waals surface area contributed by atoms with Crippen molar-refractivity contribution < 1.29 is 0 Å². The maximum atomic E-state index is 5.50. The minimum atomic E-state index is 0.293. The number of hydrogen-bond acceptors (Lipinski definition) is 4. The number of hydrogen-bond donors (Lipinski definition) is 2. The van der Waals surface area contributed by atoms with E-state index >= 15 is 0 Å². The van der Waals surface area contributed by atoms with Gasteiger partial charge in [-0.15, -0.1) is 0 Å². The highest BCUT2D eigenvalue weighted by Gasteiger charge is 2.07. The van der Waals surface area contributed by atoms with Gasteiger partial charge in [-0.2, -0.15) is 4.98 Å². The van der Waals surface area contributed by atoms with Gasteiger partial charge in [-0.1, -0.05) is 13.8 Å². The third kappa shape index (κ3) is 2.83. The van der Waals surface area contributed by atoms with Gasteiger partial charge in [0, 0.05) is 12.2 Å². The maximum absolute atomic E-state index is 5.50. The number of nitrogens with zero attached hydrogens (tertiary/aromatic N) is 2. The fourth-order valence-electron chi connectivity index (χ4n) is 1.17. The molecular weight excluding hydrogens is 244 g/mol. The van der Waals surface area contributed by atoms with Crippen LogP contribution in [0.15, 0.2) is 10.7 Å². The number of halogens is 1. The van der Waals surface area contributed by atoms with Crippen molar-refractivity contribution in [1.29, 1.82) is 0 Å². The fourth-order valence-corrected chi connectivity index (χ4v) is 1.47. The first-order valence-electron chi connectivity index (χ1n) is 4.71. The Morgan fingerprint density at radius 2 is 2.14 bits per heavy atom. The third-order valence-electron chi connectivity index (χ3n) is 2.09. The fraction of sp³-hybridized carbons (Fsp3) is 0.556. The topological polar surface area (TPSA) is 63.8 Å². The lowest BCUT2D eigenvalue weighted by Gasteiger charge is -2.16. The average Bonchev–Trinajstić information content (AvgIpc) is 2.19. The molecule has 0 aromatic carbocycles. The number of rotatable bonds is 4. The first kappa shape index (κ1) is 11.2. The highest BCUT2D eigenvalue weighted by Crippen LogP contribution is 2.20. The summed E-state index contributed by atoms with van der Waals surface area (Å²) in [6, 6.07) is 0.431. The summed E-state index contributed by atoms with van der Waals surface area (Å²) in [6.07, 6.45) is 3.78. The van der Waals surface area contributed by atoms with Crippen LogP contribution >= 0.6 is 15.9 Å². The van der Waals surface area contributed by atoms with Crippen LogP contribution in [0.1, 0.15) is 26.7 Å². The molecule has 0 aliphatic carbocycles. The number of anilines is 2. The normalized spacial score (nSPS) is 10.6. The third-order valence-corrected chi connectivity index (χ3v) is 2.67. The largest absolute Gasteiger partial charge is 0.368 e. The van der Waals surface area contributed by atoms with Gasteiger partial charge in [0.15, 0.2) is 0 Å². The first-order chi connectivity index (χ1) is 6.67. The molecule has 0 spiro atoms. The molecule has 14 heavy (non-hydrogen) atoms. The van der Waals surface area contributed by atoms with E-state index in [0.717, 1.165) is 23.1 Å². The summed E-state index contributed by atoms with van der Waals surface area (Å²) in [7, 11) is 0. The van der Waals surface area contributed by atoms with Crippen LogP contribution in [-0.2, 0) is 0 Å². The van der Waals surface area contributed by atoms with Crippen molar-refractivity contribution in [3.8, 4) is 0 Å². The number of nitrogens with two attached hydrogens (primary N) is 1. The Labute approximate surface area is 92.5 Å². The predicted octanol–water partition coefficient (Wildman–Crippen LogP) is 2.42. The zero-order chi connectivity index (χ0) is 10.6. The molecule has 5 heteroatoms. The van der Waals surface area contributed by atoms with Gasteiger partial charge in [-0.25, -0.2) is 4.98 Å². The molecular formula is C9H15BrN4. The zero-order valence-electron chi connectivity index (χ0n) is 8.42. The van der Waals surface area contributed by atoms with E-state index in [1.54, 1.807) is 6.20 Å². The second-order valence-corrected chi connectivity index (χ2v) is 3.94. The quantitative estimate of drug-likeness (QED) is 0.871. The Hall–Kier alpha value is -0.840. The minimum absolute atomic E-state index is 0.293. The van der Waals surface area contributed by atoms with E-state index in [-0.39, 0.29) is 0 Å². The Morgan fingerprint density at radius 3 is 2.71 bits per heavy atom. The van der Waals surface area contributed by atoms with Gasteiger partial charge in [0.2, 0.25) is 5.95 Å². The van der Waals surface area contributed by atoms with Crippen LogP contribution in [0.5, 0.6) is 0 Å². The summed E-state index contributed by atoms with van der Waals surface area (Å²) in [4.78, 5) is 8.00.